The Morgan fingerprint density at radius 2 is 1.92 bits per heavy atom. The van der Waals surface area contributed by atoms with Gasteiger partial charge in [-0.25, -0.2) is 9.98 Å². The zero-order valence-electron chi connectivity index (χ0n) is 14.3. The summed E-state index contributed by atoms with van der Waals surface area (Å²) in [5.41, 5.74) is 0.414. The molecule has 0 saturated carbocycles. The maximum atomic E-state index is 12.5. The molecule has 0 bridgehead atoms. The third-order valence-corrected chi connectivity index (χ3v) is 4.17. The van der Waals surface area contributed by atoms with E-state index in [1.165, 1.54) is 5.56 Å². The fourth-order valence-corrected chi connectivity index (χ4v) is 2.87. The Kier molecular flexibility index (Phi) is 9.92. The van der Waals surface area contributed by atoms with E-state index in [0.29, 0.717) is 17.5 Å². The molecule has 0 amide bonds. The van der Waals surface area contributed by atoms with Crippen LogP contribution in [0.5, 0.6) is 0 Å². The quantitative estimate of drug-likeness (QED) is 0.257. The van der Waals surface area contributed by atoms with Crippen molar-refractivity contribution in [2.75, 3.05) is 13.1 Å². The Morgan fingerprint density at radius 1 is 1.19 bits per heavy atom. The smallest absolute Gasteiger partial charge is 0.357 e. The molecule has 0 aliphatic rings. The Labute approximate surface area is 172 Å². The minimum absolute atomic E-state index is 0. The van der Waals surface area contributed by atoms with Crippen LogP contribution in [0.25, 0.3) is 0 Å². The number of aromatic nitrogens is 1. The molecule has 2 aromatic rings. The van der Waals surface area contributed by atoms with E-state index >= 15 is 0 Å². The summed E-state index contributed by atoms with van der Waals surface area (Å²) in [6.07, 6.45) is -2.52. The summed E-state index contributed by atoms with van der Waals surface area (Å²) >= 11 is 0.968. The first-order valence-electron chi connectivity index (χ1n) is 8.06. The first-order chi connectivity index (χ1) is 12.0. The van der Waals surface area contributed by atoms with Crippen molar-refractivity contribution >= 4 is 41.3 Å². The number of hydrogen-bond acceptors (Lipinski definition) is 3. The fourth-order valence-electron chi connectivity index (χ4n) is 2.15. The van der Waals surface area contributed by atoms with Gasteiger partial charge < -0.3 is 10.6 Å². The van der Waals surface area contributed by atoms with Gasteiger partial charge in [0.05, 0.1) is 6.54 Å². The van der Waals surface area contributed by atoms with Gasteiger partial charge in [0.25, 0.3) is 0 Å². The van der Waals surface area contributed by atoms with Gasteiger partial charge in [-0.15, -0.1) is 35.3 Å². The number of nitrogens with zero attached hydrogens (tertiary/aromatic N) is 2. The Morgan fingerprint density at radius 3 is 2.54 bits per heavy atom. The van der Waals surface area contributed by atoms with Crippen LogP contribution in [0.2, 0.25) is 0 Å². The minimum Gasteiger partial charge on any atom is -0.357 e. The molecule has 0 unspecified atom stereocenters. The molecule has 0 spiro atoms. The Balaban J connectivity index is 0.00000338. The van der Waals surface area contributed by atoms with Crippen molar-refractivity contribution in [1.29, 1.82) is 0 Å². The van der Waals surface area contributed by atoms with E-state index < -0.39 is 11.9 Å². The van der Waals surface area contributed by atoms with Crippen LogP contribution in [-0.2, 0) is 19.1 Å². The molecule has 0 aliphatic heterocycles. The third kappa shape index (κ3) is 7.90. The predicted molar refractivity (Wildman–Crippen MR) is 110 cm³/mol. The number of hydrogen-bond donors (Lipinski definition) is 2. The molecule has 1 aromatic carbocycles. The van der Waals surface area contributed by atoms with Gasteiger partial charge in [0.1, 0.15) is 5.01 Å². The number of benzene rings is 1. The molecule has 4 nitrogen and oxygen atoms in total. The van der Waals surface area contributed by atoms with Crippen LogP contribution >= 0.6 is 35.3 Å². The van der Waals surface area contributed by atoms with Gasteiger partial charge in [0.2, 0.25) is 0 Å². The van der Waals surface area contributed by atoms with E-state index in [9.17, 15) is 13.2 Å². The lowest BCUT2D eigenvalue weighted by molar-refractivity contribution is -0.140. The number of aliphatic imine (C=N–C) groups is 1. The molecular formula is C17H22F3IN4S. The van der Waals surface area contributed by atoms with Crippen LogP contribution in [0.1, 0.15) is 29.6 Å². The maximum absolute atomic E-state index is 12.5. The SMILES string of the molecule is CCNC(=NCc1nc(C(F)(F)F)cs1)NCCCc1ccccc1.I. The molecule has 0 radical (unpaired) electrons. The third-order valence-electron chi connectivity index (χ3n) is 3.34. The molecule has 2 rings (SSSR count). The van der Waals surface area contributed by atoms with Gasteiger partial charge in [0.15, 0.2) is 11.7 Å². The van der Waals surface area contributed by atoms with Gasteiger partial charge in [0, 0.05) is 18.5 Å². The van der Waals surface area contributed by atoms with E-state index in [2.05, 4.69) is 32.7 Å². The summed E-state index contributed by atoms with van der Waals surface area (Å²) in [7, 11) is 0. The Hall–Kier alpha value is -1.36. The van der Waals surface area contributed by atoms with Gasteiger partial charge in [-0.1, -0.05) is 30.3 Å². The van der Waals surface area contributed by atoms with E-state index in [4.69, 9.17) is 0 Å². The number of thiazole rings is 1. The minimum atomic E-state index is -4.40. The molecule has 0 fully saturated rings. The van der Waals surface area contributed by atoms with Crippen molar-refractivity contribution in [1.82, 2.24) is 15.6 Å². The van der Waals surface area contributed by atoms with Gasteiger partial charge >= 0.3 is 6.18 Å². The predicted octanol–water partition coefficient (Wildman–Crippen LogP) is 4.47. The fraction of sp³-hybridized carbons (Fsp3) is 0.412. The first kappa shape index (κ1) is 22.7. The zero-order chi connectivity index (χ0) is 18.1. The molecule has 2 N–H and O–H groups in total. The summed E-state index contributed by atoms with van der Waals surface area (Å²) in [5, 5.41) is 7.63. The van der Waals surface area contributed by atoms with E-state index in [1.54, 1.807) is 0 Å². The molecular weight excluding hydrogens is 476 g/mol. The lowest BCUT2D eigenvalue weighted by Gasteiger charge is -2.11. The van der Waals surface area contributed by atoms with Crippen molar-refractivity contribution < 1.29 is 13.2 Å². The van der Waals surface area contributed by atoms with Crippen molar-refractivity contribution in [2.45, 2.75) is 32.5 Å². The van der Waals surface area contributed by atoms with Gasteiger partial charge in [-0.05, 0) is 25.3 Å². The average Bonchev–Trinajstić information content (AvgIpc) is 3.07. The highest BCUT2D eigenvalue weighted by atomic mass is 127. The number of nitrogens with one attached hydrogen (secondary N) is 2. The number of halogens is 4. The molecule has 9 heteroatoms. The second-order valence-corrected chi connectivity index (χ2v) is 6.28. The summed E-state index contributed by atoms with van der Waals surface area (Å²) in [6.45, 7) is 3.46. The first-order valence-corrected chi connectivity index (χ1v) is 8.94. The topological polar surface area (TPSA) is 49.3 Å². The van der Waals surface area contributed by atoms with Crippen LogP contribution < -0.4 is 10.6 Å². The van der Waals surface area contributed by atoms with Crippen LogP contribution in [0.3, 0.4) is 0 Å². The van der Waals surface area contributed by atoms with Crippen molar-refractivity contribution in [2.24, 2.45) is 4.99 Å². The standard InChI is InChI=1S/C17H21F3N4S.HI/c1-2-21-16(22-10-6-9-13-7-4-3-5-8-13)23-11-15-24-14(12-25-15)17(18,19)20;/h3-5,7-8,12H,2,6,9-11H2,1H3,(H2,21,22,23);1H. The highest BCUT2D eigenvalue weighted by Crippen LogP contribution is 2.30. The molecule has 26 heavy (non-hydrogen) atoms. The molecule has 0 aliphatic carbocycles. The Bertz CT molecular complexity index is 674. The molecule has 0 saturated heterocycles. The largest absolute Gasteiger partial charge is 0.434 e. The second-order valence-electron chi connectivity index (χ2n) is 5.34. The van der Waals surface area contributed by atoms with Gasteiger partial charge in [-0.2, -0.15) is 13.2 Å². The van der Waals surface area contributed by atoms with Crippen LogP contribution in [-0.4, -0.2) is 24.0 Å². The normalized spacial score (nSPS) is 11.8. The summed E-state index contributed by atoms with van der Waals surface area (Å²) < 4.78 is 37.6. The lowest BCUT2D eigenvalue weighted by atomic mass is 10.1. The zero-order valence-corrected chi connectivity index (χ0v) is 17.5. The molecule has 1 heterocycles. The molecule has 0 atom stereocenters. The lowest BCUT2D eigenvalue weighted by Crippen LogP contribution is -2.37. The van der Waals surface area contributed by atoms with Crippen molar-refractivity contribution in [3.8, 4) is 0 Å². The monoisotopic (exact) mass is 498 g/mol. The number of aryl methyl sites for hydroxylation is 1. The second kappa shape index (κ2) is 11.4. The number of guanidine groups is 1. The average molecular weight is 498 g/mol. The van der Waals surface area contributed by atoms with Gasteiger partial charge in [-0.3, -0.25) is 0 Å². The van der Waals surface area contributed by atoms with Crippen molar-refractivity contribution in [3.63, 3.8) is 0 Å². The molecule has 144 valence electrons. The highest BCUT2D eigenvalue weighted by molar-refractivity contribution is 14.0. The van der Waals surface area contributed by atoms with Crippen LogP contribution in [0.4, 0.5) is 13.2 Å². The molecule has 1 aromatic heterocycles. The van der Waals surface area contributed by atoms with Crippen LogP contribution in [0.15, 0.2) is 40.7 Å². The van der Waals surface area contributed by atoms with E-state index in [0.717, 1.165) is 36.1 Å². The summed E-state index contributed by atoms with van der Waals surface area (Å²) in [5.74, 6) is 0.583. The number of alkyl halides is 3. The van der Waals surface area contributed by atoms with E-state index in [1.807, 2.05) is 25.1 Å². The maximum Gasteiger partial charge on any atom is 0.434 e. The summed E-state index contributed by atoms with van der Waals surface area (Å²) in [4.78, 5) is 7.88. The van der Waals surface area contributed by atoms with E-state index in [-0.39, 0.29) is 30.5 Å². The number of rotatable bonds is 7. The van der Waals surface area contributed by atoms with Crippen molar-refractivity contribution in [3.05, 3.63) is 52.0 Å². The van der Waals surface area contributed by atoms with Crippen LogP contribution in [0, 0.1) is 0 Å². The summed E-state index contributed by atoms with van der Waals surface area (Å²) in [6, 6.07) is 10.2. The highest BCUT2D eigenvalue weighted by Gasteiger charge is 2.33.